The van der Waals surface area contributed by atoms with Crippen LogP contribution in [0.3, 0.4) is 0 Å². The van der Waals surface area contributed by atoms with Gasteiger partial charge in [-0.25, -0.2) is 0 Å². The third kappa shape index (κ3) is 2.49. The minimum Gasteiger partial charge on any atom is -0.494 e. The van der Waals surface area contributed by atoms with Gasteiger partial charge in [-0.15, -0.1) is 0 Å². The van der Waals surface area contributed by atoms with E-state index in [9.17, 15) is 0 Å². The minimum absolute atomic E-state index is 0.00979. The lowest BCUT2D eigenvalue weighted by atomic mass is 9.93. The number of nitrogens with two attached hydrogens (primary N) is 1. The van der Waals surface area contributed by atoms with E-state index in [1.807, 2.05) is 43.3 Å². The van der Waals surface area contributed by atoms with Gasteiger partial charge in [0, 0.05) is 18.0 Å². The summed E-state index contributed by atoms with van der Waals surface area (Å²) in [4.78, 5) is 0. The maximum absolute atomic E-state index is 6.25. The minimum atomic E-state index is 0.00979. The lowest BCUT2D eigenvalue weighted by Gasteiger charge is -2.30. The molecule has 0 bridgehead atoms. The number of rotatable bonds is 3. The highest BCUT2D eigenvalue weighted by molar-refractivity contribution is 5.39. The molecule has 0 amide bonds. The zero-order valence-electron chi connectivity index (χ0n) is 11.6. The van der Waals surface area contributed by atoms with Crippen molar-refractivity contribution >= 4 is 0 Å². The molecule has 1 aliphatic heterocycles. The molecule has 2 atom stereocenters. The highest BCUT2D eigenvalue weighted by Crippen LogP contribution is 2.39. The summed E-state index contributed by atoms with van der Waals surface area (Å²) in [7, 11) is 0. The van der Waals surface area contributed by atoms with Crippen LogP contribution >= 0.6 is 0 Å². The van der Waals surface area contributed by atoms with Crippen LogP contribution in [0.15, 0.2) is 48.5 Å². The van der Waals surface area contributed by atoms with Gasteiger partial charge in [0.15, 0.2) is 0 Å². The van der Waals surface area contributed by atoms with Crippen molar-refractivity contribution in [1.29, 1.82) is 0 Å². The molecule has 0 fully saturated rings. The Bertz CT molecular complexity index is 580. The average molecular weight is 269 g/mol. The van der Waals surface area contributed by atoms with Crippen molar-refractivity contribution in [2.45, 2.75) is 25.5 Å². The van der Waals surface area contributed by atoms with Gasteiger partial charge in [0.1, 0.15) is 17.6 Å². The summed E-state index contributed by atoms with van der Waals surface area (Å²) in [5.41, 5.74) is 8.48. The molecule has 0 radical (unpaired) electrons. The van der Waals surface area contributed by atoms with Crippen LogP contribution in [0.1, 0.15) is 36.6 Å². The van der Waals surface area contributed by atoms with E-state index in [0.29, 0.717) is 6.61 Å². The van der Waals surface area contributed by atoms with Crippen LogP contribution in [-0.2, 0) is 0 Å². The van der Waals surface area contributed by atoms with E-state index in [1.54, 1.807) is 0 Å². The Balaban J connectivity index is 1.82. The molecule has 104 valence electrons. The smallest absolute Gasteiger partial charge is 0.126 e. The van der Waals surface area contributed by atoms with Crippen molar-refractivity contribution in [1.82, 2.24) is 0 Å². The van der Waals surface area contributed by atoms with Crippen molar-refractivity contribution < 1.29 is 9.47 Å². The molecule has 2 N–H and O–H groups in total. The van der Waals surface area contributed by atoms with Crippen molar-refractivity contribution in [3.05, 3.63) is 59.7 Å². The van der Waals surface area contributed by atoms with Gasteiger partial charge in [-0.2, -0.15) is 0 Å². The number of hydrogen-bond acceptors (Lipinski definition) is 3. The van der Waals surface area contributed by atoms with Gasteiger partial charge >= 0.3 is 0 Å². The summed E-state index contributed by atoms with van der Waals surface area (Å²) in [6.07, 6.45) is 0.806. The van der Waals surface area contributed by atoms with Gasteiger partial charge < -0.3 is 15.2 Å². The Morgan fingerprint density at radius 1 is 1.15 bits per heavy atom. The fraction of sp³-hybridized carbons (Fsp3) is 0.294. The molecule has 0 saturated heterocycles. The zero-order valence-corrected chi connectivity index (χ0v) is 11.6. The van der Waals surface area contributed by atoms with Crippen LogP contribution in [0.5, 0.6) is 11.5 Å². The lowest BCUT2D eigenvalue weighted by molar-refractivity contribution is 0.161. The largest absolute Gasteiger partial charge is 0.494 e. The van der Waals surface area contributed by atoms with Crippen LogP contribution in [0.25, 0.3) is 0 Å². The van der Waals surface area contributed by atoms with E-state index in [0.717, 1.165) is 29.0 Å². The summed E-state index contributed by atoms with van der Waals surface area (Å²) >= 11 is 0. The fourth-order valence-electron chi connectivity index (χ4n) is 2.60. The second-order valence-corrected chi connectivity index (χ2v) is 4.99. The Morgan fingerprint density at radius 3 is 2.65 bits per heavy atom. The number of para-hydroxylation sites is 1. The predicted octanol–water partition coefficient (Wildman–Crippen LogP) is 3.61. The van der Waals surface area contributed by atoms with Gasteiger partial charge in [0.05, 0.1) is 6.61 Å². The van der Waals surface area contributed by atoms with Crippen LogP contribution in [0, 0.1) is 0 Å². The van der Waals surface area contributed by atoms with E-state index in [1.165, 1.54) is 0 Å². The molecule has 2 aromatic rings. The highest BCUT2D eigenvalue weighted by Gasteiger charge is 2.26. The van der Waals surface area contributed by atoms with Crippen molar-refractivity contribution in [2.24, 2.45) is 5.73 Å². The molecule has 20 heavy (non-hydrogen) atoms. The molecule has 3 heteroatoms. The summed E-state index contributed by atoms with van der Waals surface area (Å²) in [6.45, 7) is 2.66. The standard InChI is InChI=1S/C17H19NO2/c1-2-19-13-9-7-12(8-10-13)17-11-15(18)14-5-3-4-6-16(14)20-17/h3-10,15,17H,2,11,18H2,1H3. The molecule has 0 aliphatic carbocycles. The molecular weight excluding hydrogens is 250 g/mol. The van der Waals surface area contributed by atoms with Gasteiger partial charge in [-0.05, 0) is 30.7 Å². The van der Waals surface area contributed by atoms with E-state index in [4.69, 9.17) is 15.2 Å². The first-order chi connectivity index (χ1) is 9.78. The summed E-state index contributed by atoms with van der Waals surface area (Å²) in [5.74, 6) is 1.78. The monoisotopic (exact) mass is 269 g/mol. The molecule has 3 nitrogen and oxygen atoms in total. The van der Waals surface area contributed by atoms with Crippen molar-refractivity contribution in [3.8, 4) is 11.5 Å². The summed E-state index contributed by atoms with van der Waals surface area (Å²) in [6, 6.07) is 16.1. The van der Waals surface area contributed by atoms with E-state index < -0.39 is 0 Å². The number of ether oxygens (including phenoxy) is 2. The fourth-order valence-corrected chi connectivity index (χ4v) is 2.60. The third-order valence-corrected chi connectivity index (χ3v) is 3.62. The molecule has 3 rings (SSSR count). The molecule has 2 unspecified atom stereocenters. The van der Waals surface area contributed by atoms with E-state index in [2.05, 4.69) is 12.1 Å². The maximum atomic E-state index is 6.25. The zero-order chi connectivity index (χ0) is 13.9. The topological polar surface area (TPSA) is 44.5 Å². The van der Waals surface area contributed by atoms with Gasteiger partial charge in [-0.1, -0.05) is 30.3 Å². The second-order valence-electron chi connectivity index (χ2n) is 4.99. The van der Waals surface area contributed by atoms with Gasteiger partial charge in [0.25, 0.3) is 0 Å². The predicted molar refractivity (Wildman–Crippen MR) is 79.0 cm³/mol. The van der Waals surface area contributed by atoms with Crippen LogP contribution in [-0.4, -0.2) is 6.61 Å². The van der Waals surface area contributed by atoms with E-state index in [-0.39, 0.29) is 12.1 Å². The first kappa shape index (κ1) is 13.0. The van der Waals surface area contributed by atoms with Crippen LogP contribution in [0.4, 0.5) is 0 Å². The Morgan fingerprint density at radius 2 is 1.90 bits per heavy atom. The number of benzene rings is 2. The molecular formula is C17H19NO2. The Labute approximate surface area is 119 Å². The van der Waals surface area contributed by atoms with Crippen LogP contribution in [0.2, 0.25) is 0 Å². The van der Waals surface area contributed by atoms with Crippen LogP contribution < -0.4 is 15.2 Å². The van der Waals surface area contributed by atoms with Crippen molar-refractivity contribution in [3.63, 3.8) is 0 Å². The average Bonchev–Trinajstić information content (AvgIpc) is 2.48. The first-order valence-electron chi connectivity index (χ1n) is 7.02. The normalized spacial score (nSPS) is 20.9. The Hall–Kier alpha value is -2.00. The van der Waals surface area contributed by atoms with E-state index >= 15 is 0 Å². The SMILES string of the molecule is CCOc1ccc(C2CC(N)c3ccccc3O2)cc1. The second kappa shape index (κ2) is 5.55. The first-order valence-corrected chi connectivity index (χ1v) is 7.02. The molecule has 0 spiro atoms. The summed E-state index contributed by atoms with van der Waals surface area (Å²) in [5, 5.41) is 0. The molecule has 0 aromatic heterocycles. The van der Waals surface area contributed by atoms with Crippen molar-refractivity contribution in [2.75, 3.05) is 6.61 Å². The number of hydrogen-bond donors (Lipinski definition) is 1. The number of fused-ring (bicyclic) bond motifs is 1. The molecule has 0 saturated carbocycles. The van der Waals surface area contributed by atoms with Gasteiger partial charge in [0.2, 0.25) is 0 Å². The molecule has 1 heterocycles. The molecule has 2 aromatic carbocycles. The lowest BCUT2D eigenvalue weighted by Crippen LogP contribution is -2.24. The quantitative estimate of drug-likeness (QED) is 0.925. The summed E-state index contributed by atoms with van der Waals surface area (Å²) < 4.78 is 11.5. The maximum Gasteiger partial charge on any atom is 0.126 e. The third-order valence-electron chi connectivity index (χ3n) is 3.62. The van der Waals surface area contributed by atoms with Gasteiger partial charge in [-0.3, -0.25) is 0 Å². The molecule has 1 aliphatic rings. The highest BCUT2D eigenvalue weighted by atomic mass is 16.5. The Kier molecular flexibility index (Phi) is 3.61.